The Kier molecular flexibility index (Phi) is 4.75. The summed E-state index contributed by atoms with van der Waals surface area (Å²) >= 11 is 0. The van der Waals surface area contributed by atoms with E-state index in [1.165, 1.54) is 24.3 Å². The number of halogens is 3. The molecule has 0 amide bonds. The average molecular weight is 406 g/mol. The minimum atomic E-state index is -4.56. The summed E-state index contributed by atoms with van der Waals surface area (Å²) in [5, 5.41) is 0. The lowest BCUT2D eigenvalue weighted by Crippen LogP contribution is -2.40. The summed E-state index contributed by atoms with van der Waals surface area (Å²) in [5.74, 6) is -3.95. The number of hydrogen-bond donors (Lipinski definition) is 0. The summed E-state index contributed by atoms with van der Waals surface area (Å²) < 4.78 is 59.1. The van der Waals surface area contributed by atoms with Gasteiger partial charge in [0.1, 0.15) is 0 Å². The van der Waals surface area contributed by atoms with E-state index in [4.69, 9.17) is 4.74 Å². The lowest BCUT2D eigenvalue weighted by Gasteiger charge is -2.26. The van der Waals surface area contributed by atoms with Gasteiger partial charge in [-0.05, 0) is 25.1 Å². The molecule has 28 heavy (non-hydrogen) atoms. The van der Waals surface area contributed by atoms with Gasteiger partial charge in [-0.3, -0.25) is 4.79 Å². The molecular weight excluding hydrogens is 389 g/mol. The molecule has 146 valence electrons. The fourth-order valence-electron chi connectivity index (χ4n) is 3.81. The molecular formula is C21H17F3O3S. The normalized spacial score (nSPS) is 27.1. The number of ketones is 1. The molecule has 0 aliphatic carbocycles. The highest BCUT2D eigenvalue weighted by Crippen LogP contribution is 2.49. The first-order chi connectivity index (χ1) is 13.3. The van der Waals surface area contributed by atoms with E-state index in [-0.39, 0.29) is 10.5 Å². The maximum atomic E-state index is 13.6. The van der Waals surface area contributed by atoms with Crippen LogP contribution in [0.25, 0.3) is 0 Å². The average Bonchev–Trinajstić information content (AvgIpc) is 3.28. The van der Waals surface area contributed by atoms with Crippen molar-refractivity contribution in [2.45, 2.75) is 35.1 Å². The molecule has 4 rings (SSSR count). The molecule has 1 unspecified atom stereocenters. The molecule has 2 aliphatic rings. The molecule has 0 aromatic heterocycles. The summed E-state index contributed by atoms with van der Waals surface area (Å²) in [6.07, 6.45) is -3.74. The number of aryl methyl sites for hydroxylation is 1. The van der Waals surface area contributed by atoms with Crippen LogP contribution in [0.3, 0.4) is 0 Å². The number of ether oxygens (including phenoxy) is 1. The monoisotopic (exact) mass is 406 g/mol. The van der Waals surface area contributed by atoms with Crippen LogP contribution < -0.4 is 0 Å². The van der Waals surface area contributed by atoms with Crippen LogP contribution in [0.5, 0.6) is 0 Å². The van der Waals surface area contributed by atoms with E-state index in [0.717, 1.165) is 5.56 Å². The molecule has 2 aromatic rings. The molecule has 0 spiro atoms. The first-order valence-electron chi connectivity index (χ1n) is 8.79. The third kappa shape index (κ3) is 3.22. The lowest BCUT2D eigenvalue weighted by atomic mass is 9.78. The maximum absolute atomic E-state index is 13.6. The van der Waals surface area contributed by atoms with Gasteiger partial charge < -0.3 is 4.74 Å². The second-order valence-electron chi connectivity index (χ2n) is 6.99. The third-order valence-corrected chi connectivity index (χ3v) is 6.62. The minimum absolute atomic E-state index is 0.0465. The summed E-state index contributed by atoms with van der Waals surface area (Å²) in [5.41, 5.74) is 1.04. The molecule has 2 bridgehead atoms. The third-order valence-electron chi connectivity index (χ3n) is 5.17. The number of fused-ring (bicyclic) bond motifs is 2. The molecule has 3 nitrogen and oxygen atoms in total. The Labute approximate surface area is 162 Å². The lowest BCUT2D eigenvalue weighted by molar-refractivity contribution is -0.186. The number of Topliss-reactive ketones (excluding diaryl/α,β-unsaturated/α-hetero) is 1. The van der Waals surface area contributed by atoms with Gasteiger partial charge in [0.25, 0.3) is 0 Å². The van der Waals surface area contributed by atoms with Gasteiger partial charge in [-0.15, -0.1) is 0 Å². The Morgan fingerprint density at radius 3 is 2.32 bits per heavy atom. The van der Waals surface area contributed by atoms with Crippen molar-refractivity contribution in [3.8, 4) is 0 Å². The van der Waals surface area contributed by atoms with Crippen LogP contribution >= 0.6 is 0 Å². The van der Waals surface area contributed by atoms with E-state index in [1.54, 1.807) is 36.4 Å². The van der Waals surface area contributed by atoms with E-state index < -0.39 is 46.8 Å². The Morgan fingerprint density at radius 2 is 1.64 bits per heavy atom. The quantitative estimate of drug-likeness (QED) is 0.556. The molecule has 5 atom stereocenters. The minimum Gasteiger partial charge on any atom is -0.365 e. The summed E-state index contributed by atoms with van der Waals surface area (Å²) in [6.45, 7) is 1.89. The zero-order valence-corrected chi connectivity index (χ0v) is 15.7. The first kappa shape index (κ1) is 19.1. The fourth-order valence-corrected chi connectivity index (χ4v) is 5.02. The van der Waals surface area contributed by atoms with Crippen molar-refractivity contribution < 1.29 is 26.9 Å². The van der Waals surface area contributed by atoms with Gasteiger partial charge in [0.15, 0.2) is 5.78 Å². The Morgan fingerprint density at radius 1 is 1.00 bits per heavy atom. The van der Waals surface area contributed by atoms with Crippen molar-refractivity contribution in [2.75, 3.05) is 0 Å². The number of benzene rings is 2. The van der Waals surface area contributed by atoms with Crippen LogP contribution in [-0.4, -0.2) is 28.4 Å². The van der Waals surface area contributed by atoms with Crippen molar-refractivity contribution in [2.24, 2.45) is 11.8 Å². The van der Waals surface area contributed by atoms with Crippen molar-refractivity contribution in [3.63, 3.8) is 0 Å². The first-order valence-corrected chi connectivity index (χ1v) is 9.94. The molecule has 0 saturated carbocycles. The molecule has 2 aromatic carbocycles. The largest absolute Gasteiger partial charge is 0.395 e. The van der Waals surface area contributed by atoms with Gasteiger partial charge in [-0.25, -0.2) is 4.21 Å². The smallest absolute Gasteiger partial charge is 0.365 e. The van der Waals surface area contributed by atoms with Crippen LogP contribution in [0, 0.1) is 18.8 Å². The summed E-state index contributed by atoms with van der Waals surface area (Å²) in [4.78, 5) is 13.9. The van der Waals surface area contributed by atoms with Gasteiger partial charge >= 0.3 is 6.18 Å². The predicted octanol–water partition coefficient (Wildman–Crippen LogP) is 4.48. The van der Waals surface area contributed by atoms with Crippen LogP contribution in [0.2, 0.25) is 0 Å². The number of hydrogen-bond acceptors (Lipinski definition) is 3. The number of rotatable bonds is 4. The van der Waals surface area contributed by atoms with E-state index in [0.29, 0.717) is 4.90 Å². The predicted molar refractivity (Wildman–Crippen MR) is 97.5 cm³/mol. The second-order valence-corrected chi connectivity index (χ2v) is 8.43. The molecule has 2 heterocycles. The van der Waals surface area contributed by atoms with Crippen LogP contribution in [0.1, 0.15) is 15.9 Å². The molecule has 1 fully saturated rings. The highest BCUT2D eigenvalue weighted by molar-refractivity contribution is 7.85. The molecule has 0 radical (unpaired) electrons. The number of carbonyl (C=O) groups excluding carboxylic acids is 1. The number of carbonyl (C=O) groups is 1. The topological polar surface area (TPSA) is 43.4 Å². The van der Waals surface area contributed by atoms with Crippen molar-refractivity contribution >= 4 is 16.6 Å². The van der Waals surface area contributed by atoms with Gasteiger partial charge in [0.2, 0.25) is 0 Å². The number of alkyl halides is 3. The molecule has 2 aliphatic heterocycles. The standard InChI is InChI=1S/C21H17F3O3S/c1-12-6-8-13(9-7-12)28(26)17-5-3-2-4-14(17)20(25)18-15-10-11-16(27-15)19(18)21(22,23)24/h2-11,15-16,18-19H,1H3/t15-,16+,18+,19+,28?/m0/s1. The van der Waals surface area contributed by atoms with Crippen molar-refractivity contribution in [3.05, 3.63) is 71.8 Å². The van der Waals surface area contributed by atoms with Crippen LogP contribution in [-0.2, 0) is 15.5 Å². The Hall–Kier alpha value is -2.25. The molecule has 1 saturated heterocycles. The van der Waals surface area contributed by atoms with Gasteiger partial charge in [-0.2, -0.15) is 13.2 Å². The molecule has 7 heteroatoms. The van der Waals surface area contributed by atoms with Gasteiger partial charge in [-0.1, -0.05) is 48.0 Å². The Bertz CT molecular complexity index is 966. The highest BCUT2D eigenvalue weighted by atomic mass is 32.2. The Balaban J connectivity index is 1.72. The van der Waals surface area contributed by atoms with E-state index in [2.05, 4.69) is 0 Å². The van der Waals surface area contributed by atoms with Crippen LogP contribution in [0.15, 0.2) is 70.5 Å². The van der Waals surface area contributed by atoms with Crippen molar-refractivity contribution in [1.82, 2.24) is 0 Å². The zero-order chi connectivity index (χ0) is 20.1. The SMILES string of the molecule is Cc1ccc(S(=O)c2ccccc2C(=O)[C@H]2[C@H](C(F)(F)F)[C@H]3C=C[C@@H]2O3)cc1. The van der Waals surface area contributed by atoms with E-state index >= 15 is 0 Å². The highest BCUT2D eigenvalue weighted by Gasteiger charge is 2.60. The van der Waals surface area contributed by atoms with E-state index in [9.17, 15) is 22.2 Å². The molecule has 0 N–H and O–H groups in total. The van der Waals surface area contributed by atoms with Gasteiger partial charge in [0, 0.05) is 10.5 Å². The van der Waals surface area contributed by atoms with Gasteiger partial charge in [0.05, 0.1) is 39.7 Å². The summed E-state index contributed by atoms with van der Waals surface area (Å²) in [6, 6.07) is 13.1. The van der Waals surface area contributed by atoms with Crippen LogP contribution in [0.4, 0.5) is 13.2 Å². The second kappa shape index (κ2) is 6.97. The van der Waals surface area contributed by atoms with E-state index in [1.807, 2.05) is 6.92 Å². The van der Waals surface area contributed by atoms with Crippen molar-refractivity contribution in [1.29, 1.82) is 0 Å². The maximum Gasteiger partial charge on any atom is 0.395 e. The fraction of sp³-hybridized carbons (Fsp3) is 0.286. The summed E-state index contributed by atoms with van der Waals surface area (Å²) in [7, 11) is -1.68. The zero-order valence-electron chi connectivity index (χ0n) is 14.8.